The van der Waals surface area contributed by atoms with Crippen molar-refractivity contribution in [2.45, 2.75) is 24.3 Å². The molecule has 0 heterocycles. The second kappa shape index (κ2) is 8.87. The summed E-state index contributed by atoms with van der Waals surface area (Å²) in [6, 6.07) is 6.09. The number of nitrogens with one attached hydrogen (secondary N) is 1. The largest absolute Gasteiger partial charge is 0.496 e. The third kappa shape index (κ3) is 5.06. The predicted octanol–water partition coefficient (Wildman–Crippen LogP) is 2.38. The smallest absolute Gasteiger partial charge is 0.222 e. The van der Waals surface area contributed by atoms with Crippen molar-refractivity contribution in [3.05, 3.63) is 23.8 Å². The van der Waals surface area contributed by atoms with Crippen LogP contribution in [0.2, 0.25) is 0 Å². The molecule has 1 amide bonds. The van der Waals surface area contributed by atoms with E-state index in [1.54, 1.807) is 23.8 Å². The lowest BCUT2D eigenvalue weighted by Crippen LogP contribution is -2.26. The Bertz CT molecular complexity index is 438. The summed E-state index contributed by atoms with van der Waals surface area (Å²) in [5.74, 6) is 1.04. The minimum Gasteiger partial charge on any atom is -0.496 e. The molecule has 0 fully saturated rings. The van der Waals surface area contributed by atoms with Gasteiger partial charge in [-0.2, -0.15) is 0 Å². The maximum Gasteiger partial charge on any atom is 0.222 e. The van der Waals surface area contributed by atoms with Gasteiger partial charge < -0.3 is 15.0 Å². The van der Waals surface area contributed by atoms with Crippen LogP contribution >= 0.6 is 11.8 Å². The van der Waals surface area contributed by atoms with Gasteiger partial charge in [0.2, 0.25) is 5.91 Å². The van der Waals surface area contributed by atoms with E-state index in [0.717, 1.165) is 29.2 Å². The van der Waals surface area contributed by atoms with Gasteiger partial charge in [0.15, 0.2) is 0 Å². The first-order valence-corrected chi connectivity index (χ1v) is 7.94. The van der Waals surface area contributed by atoms with Gasteiger partial charge in [-0.1, -0.05) is 6.07 Å². The van der Waals surface area contributed by atoms with E-state index in [1.165, 1.54) is 0 Å². The Hall–Kier alpha value is -1.20. The number of rotatable bonds is 8. The molecule has 0 unspecified atom stereocenters. The third-order valence-corrected chi connectivity index (χ3v) is 3.89. The van der Waals surface area contributed by atoms with Crippen molar-refractivity contribution >= 4 is 17.7 Å². The number of hydrogen-bond donors (Lipinski definition) is 1. The van der Waals surface area contributed by atoms with Gasteiger partial charge >= 0.3 is 0 Å². The number of carbonyl (C=O) groups is 1. The molecule has 112 valence electrons. The van der Waals surface area contributed by atoms with Gasteiger partial charge in [-0.3, -0.25) is 4.79 Å². The molecule has 0 atom stereocenters. The van der Waals surface area contributed by atoms with Crippen molar-refractivity contribution in [3.8, 4) is 5.75 Å². The first kappa shape index (κ1) is 16.9. The zero-order valence-corrected chi connectivity index (χ0v) is 13.5. The Kier molecular flexibility index (Phi) is 7.47. The monoisotopic (exact) mass is 296 g/mol. The number of amides is 1. The molecular formula is C15H24N2O2S. The van der Waals surface area contributed by atoms with Crippen LogP contribution < -0.4 is 10.1 Å². The summed E-state index contributed by atoms with van der Waals surface area (Å²) in [4.78, 5) is 14.8. The van der Waals surface area contributed by atoms with E-state index in [0.29, 0.717) is 13.0 Å². The Morgan fingerprint density at radius 3 is 2.80 bits per heavy atom. The Labute approximate surface area is 125 Å². The lowest BCUT2D eigenvalue weighted by Gasteiger charge is -2.18. The number of ether oxygens (including phenoxy) is 1. The molecule has 0 saturated carbocycles. The fourth-order valence-electron chi connectivity index (χ4n) is 1.95. The van der Waals surface area contributed by atoms with E-state index < -0.39 is 0 Å². The second-order valence-corrected chi connectivity index (χ2v) is 5.49. The highest BCUT2D eigenvalue weighted by atomic mass is 32.2. The molecule has 1 aromatic carbocycles. The SMILES string of the molecule is CNCCCC(=O)N(C)Cc1ccc(SC)c(OC)c1. The zero-order valence-electron chi connectivity index (χ0n) is 12.7. The van der Waals surface area contributed by atoms with E-state index in [9.17, 15) is 4.79 Å². The van der Waals surface area contributed by atoms with Crippen LogP contribution in [-0.2, 0) is 11.3 Å². The molecule has 0 aromatic heterocycles. The number of benzene rings is 1. The van der Waals surface area contributed by atoms with E-state index in [4.69, 9.17) is 4.74 Å². The van der Waals surface area contributed by atoms with Crippen molar-refractivity contribution < 1.29 is 9.53 Å². The molecule has 0 bridgehead atoms. The fourth-order valence-corrected chi connectivity index (χ4v) is 2.50. The molecule has 0 saturated heterocycles. The van der Waals surface area contributed by atoms with E-state index in [-0.39, 0.29) is 5.91 Å². The second-order valence-electron chi connectivity index (χ2n) is 4.65. The summed E-state index contributed by atoms with van der Waals surface area (Å²) in [5.41, 5.74) is 1.09. The summed E-state index contributed by atoms with van der Waals surface area (Å²) in [7, 11) is 5.41. The van der Waals surface area contributed by atoms with Gasteiger partial charge in [0.25, 0.3) is 0 Å². The van der Waals surface area contributed by atoms with Crippen molar-refractivity contribution in [2.24, 2.45) is 0 Å². The Balaban J connectivity index is 2.61. The minimum atomic E-state index is 0.174. The van der Waals surface area contributed by atoms with E-state index in [2.05, 4.69) is 5.32 Å². The minimum absolute atomic E-state index is 0.174. The Morgan fingerprint density at radius 2 is 2.20 bits per heavy atom. The van der Waals surface area contributed by atoms with Crippen LogP contribution in [0.4, 0.5) is 0 Å². The number of nitrogens with zero attached hydrogens (tertiary/aromatic N) is 1. The quantitative estimate of drug-likeness (QED) is 0.591. The summed E-state index contributed by atoms with van der Waals surface area (Å²) < 4.78 is 5.37. The van der Waals surface area contributed by atoms with Gasteiger partial charge in [-0.15, -0.1) is 11.8 Å². The Morgan fingerprint density at radius 1 is 1.45 bits per heavy atom. The molecule has 1 aromatic rings. The maximum atomic E-state index is 12.0. The molecule has 1 N–H and O–H groups in total. The van der Waals surface area contributed by atoms with Gasteiger partial charge in [0, 0.05) is 24.9 Å². The standard InChI is InChI=1S/C15H24N2O2S/c1-16-9-5-6-15(18)17(2)11-12-7-8-14(20-4)13(10-12)19-3/h7-8,10,16H,5-6,9,11H2,1-4H3. The van der Waals surface area contributed by atoms with E-state index in [1.807, 2.05) is 38.6 Å². The summed E-state index contributed by atoms with van der Waals surface area (Å²) in [6.07, 6.45) is 3.47. The van der Waals surface area contributed by atoms with Crippen LogP contribution in [0.3, 0.4) is 0 Å². The van der Waals surface area contributed by atoms with Crippen LogP contribution in [0.1, 0.15) is 18.4 Å². The van der Waals surface area contributed by atoms with Crippen LogP contribution in [0.5, 0.6) is 5.75 Å². The van der Waals surface area contributed by atoms with Crippen LogP contribution in [0.15, 0.2) is 23.1 Å². The van der Waals surface area contributed by atoms with Gasteiger partial charge in [0.05, 0.1) is 7.11 Å². The number of thioether (sulfide) groups is 1. The van der Waals surface area contributed by atoms with Crippen LogP contribution in [0, 0.1) is 0 Å². The van der Waals surface area contributed by atoms with E-state index >= 15 is 0 Å². The highest BCUT2D eigenvalue weighted by Gasteiger charge is 2.10. The first-order valence-electron chi connectivity index (χ1n) is 6.71. The predicted molar refractivity (Wildman–Crippen MR) is 84.4 cm³/mol. The molecule has 0 aliphatic heterocycles. The summed E-state index contributed by atoms with van der Waals surface area (Å²) >= 11 is 1.65. The van der Waals surface area contributed by atoms with Crippen molar-refractivity contribution in [1.29, 1.82) is 0 Å². The van der Waals surface area contributed by atoms with Gasteiger partial charge in [-0.25, -0.2) is 0 Å². The molecule has 0 spiro atoms. The highest BCUT2D eigenvalue weighted by Crippen LogP contribution is 2.28. The number of hydrogen-bond acceptors (Lipinski definition) is 4. The molecule has 20 heavy (non-hydrogen) atoms. The zero-order chi connectivity index (χ0) is 15.0. The topological polar surface area (TPSA) is 41.6 Å². The molecule has 1 rings (SSSR count). The van der Waals surface area contributed by atoms with Crippen molar-refractivity contribution in [1.82, 2.24) is 10.2 Å². The number of carbonyl (C=O) groups excluding carboxylic acids is 1. The average molecular weight is 296 g/mol. The third-order valence-electron chi connectivity index (χ3n) is 3.11. The van der Waals surface area contributed by atoms with Crippen molar-refractivity contribution in [2.75, 3.05) is 34.0 Å². The molecule has 0 radical (unpaired) electrons. The maximum absolute atomic E-state index is 12.0. The average Bonchev–Trinajstić information content (AvgIpc) is 2.47. The highest BCUT2D eigenvalue weighted by molar-refractivity contribution is 7.98. The fraction of sp³-hybridized carbons (Fsp3) is 0.533. The van der Waals surface area contributed by atoms with Gasteiger partial charge in [0.1, 0.15) is 5.75 Å². The molecule has 5 heteroatoms. The molecule has 4 nitrogen and oxygen atoms in total. The molecule has 0 aliphatic carbocycles. The van der Waals surface area contributed by atoms with Gasteiger partial charge in [-0.05, 0) is 44.0 Å². The summed E-state index contributed by atoms with van der Waals surface area (Å²) in [5, 5.41) is 3.05. The molecule has 0 aliphatic rings. The van der Waals surface area contributed by atoms with Crippen LogP contribution in [-0.4, -0.2) is 44.8 Å². The van der Waals surface area contributed by atoms with Crippen molar-refractivity contribution in [3.63, 3.8) is 0 Å². The number of methoxy groups -OCH3 is 1. The molecular weight excluding hydrogens is 272 g/mol. The normalized spacial score (nSPS) is 10.4. The lowest BCUT2D eigenvalue weighted by molar-refractivity contribution is -0.130. The summed E-state index contributed by atoms with van der Waals surface area (Å²) in [6.45, 7) is 1.49. The van der Waals surface area contributed by atoms with Crippen LogP contribution in [0.25, 0.3) is 0 Å². The first-order chi connectivity index (χ1) is 9.62. The lowest BCUT2D eigenvalue weighted by atomic mass is 10.2.